The molecular formula is C44H42ClN3O5. The Kier molecular flexibility index (Phi) is 12.0. The Morgan fingerprint density at radius 3 is 2.38 bits per heavy atom. The first kappa shape index (κ1) is 37.0. The molecule has 8 nitrogen and oxygen atoms in total. The van der Waals surface area contributed by atoms with Crippen molar-refractivity contribution in [3.63, 3.8) is 0 Å². The Morgan fingerprint density at radius 1 is 0.811 bits per heavy atom. The smallest absolute Gasteiger partial charge is 0.337 e. The number of aromatic carboxylic acids is 1. The number of aromatic amines is 1. The quantitative estimate of drug-likeness (QED) is 0.0956. The summed E-state index contributed by atoms with van der Waals surface area (Å²) in [6.45, 7) is 5.54. The van der Waals surface area contributed by atoms with Gasteiger partial charge >= 0.3 is 5.97 Å². The zero-order chi connectivity index (χ0) is 37.3. The number of fused-ring (bicyclic) bond motifs is 1. The zero-order valence-corrected chi connectivity index (χ0v) is 30.7. The van der Waals surface area contributed by atoms with Gasteiger partial charge in [-0.05, 0) is 71.8 Å². The van der Waals surface area contributed by atoms with Crippen LogP contribution < -0.4 is 15.2 Å². The Balaban J connectivity index is 1.35. The van der Waals surface area contributed by atoms with Crippen molar-refractivity contribution in [1.29, 1.82) is 0 Å². The van der Waals surface area contributed by atoms with E-state index >= 15 is 0 Å². The van der Waals surface area contributed by atoms with E-state index in [0.29, 0.717) is 58.8 Å². The molecule has 1 aromatic heterocycles. The van der Waals surface area contributed by atoms with Crippen LogP contribution in [0.5, 0.6) is 5.75 Å². The fraction of sp³-hybridized carbons (Fsp3) is 0.227. The number of aryl methyl sites for hydroxylation is 1. The molecule has 9 heteroatoms. The van der Waals surface area contributed by atoms with Crippen molar-refractivity contribution in [3.05, 3.63) is 169 Å². The number of nitrogens with zero attached hydrogens (tertiary/aromatic N) is 2. The van der Waals surface area contributed by atoms with E-state index in [0.717, 1.165) is 47.9 Å². The van der Waals surface area contributed by atoms with E-state index in [1.54, 1.807) is 18.2 Å². The first-order valence-electron chi connectivity index (χ1n) is 18.0. The molecule has 1 heterocycles. The highest BCUT2D eigenvalue weighted by molar-refractivity contribution is 6.34. The third-order valence-electron chi connectivity index (χ3n) is 9.28. The second kappa shape index (κ2) is 17.2. The lowest BCUT2D eigenvalue weighted by molar-refractivity contribution is 0.0696. The van der Waals surface area contributed by atoms with Crippen LogP contribution in [0.1, 0.15) is 87.2 Å². The van der Waals surface area contributed by atoms with Crippen LogP contribution in [0.15, 0.2) is 114 Å². The molecule has 0 saturated carbocycles. The van der Waals surface area contributed by atoms with Crippen LogP contribution in [-0.4, -0.2) is 33.4 Å². The van der Waals surface area contributed by atoms with E-state index in [4.69, 9.17) is 21.3 Å². The third kappa shape index (κ3) is 8.84. The van der Waals surface area contributed by atoms with E-state index in [-0.39, 0.29) is 28.5 Å². The number of para-hydroxylation sites is 1. The van der Waals surface area contributed by atoms with Crippen molar-refractivity contribution in [2.75, 3.05) is 11.4 Å². The van der Waals surface area contributed by atoms with Gasteiger partial charge in [0.05, 0.1) is 21.5 Å². The van der Waals surface area contributed by atoms with Crippen LogP contribution >= 0.6 is 11.6 Å². The van der Waals surface area contributed by atoms with Crippen LogP contribution in [0.25, 0.3) is 10.9 Å². The van der Waals surface area contributed by atoms with Gasteiger partial charge in [0, 0.05) is 29.8 Å². The highest BCUT2D eigenvalue weighted by Crippen LogP contribution is 2.29. The molecule has 0 amide bonds. The SMILES string of the molecule is CCCCN(Cc1ccc(C(=O)c2ccccc2)cc1Cc1ccc(OCc2cccc(C(=O)O)c2Cl)c(CCC)c1)c1nc2ccccc2c(=O)[nH]1. The van der Waals surface area contributed by atoms with Gasteiger partial charge < -0.3 is 14.7 Å². The highest BCUT2D eigenvalue weighted by atomic mass is 35.5. The molecule has 0 aliphatic carbocycles. The molecule has 0 aliphatic rings. The van der Waals surface area contributed by atoms with Crippen molar-refractivity contribution in [3.8, 4) is 5.75 Å². The maximum Gasteiger partial charge on any atom is 0.337 e. The molecule has 0 saturated heterocycles. The fourth-order valence-electron chi connectivity index (χ4n) is 6.46. The summed E-state index contributed by atoms with van der Waals surface area (Å²) in [5.74, 6) is 0.0795. The van der Waals surface area contributed by atoms with Crippen molar-refractivity contribution < 1.29 is 19.4 Å². The second-order valence-electron chi connectivity index (χ2n) is 13.1. The highest BCUT2D eigenvalue weighted by Gasteiger charge is 2.18. The maximum atomic E-state index is 13.6. The van der Waals surface area contributed by atoms with Gasteiger partial charge in [0.2, 0.25) is 5.95 Å². The molecule has 5 aromatic carbocycles. The minimum atomic E-state index is -1.09. The molecule has 0 radical (unpaired) electrons. The lowest BCUT2D eigenvalue weighted by atomic mass is 9.93. The van der Waals surface area contributed by atoms with Crippen molar-refractivity contribution in [2.24, 2.45) is 0 Å². The summed E-state index contributed by atoms with van der Waals surface area (Å²) < 4.78 is 6.23. The number of aromatic nitrogens is 2. The van der Waals surface area contributed by atoms with E-state index in [1.807, 2.05) is 78.9 Å². The number of nitrogens with one attached hydrogen (secondary N) is 1. The molecule has 0 aliphatic heterocycles. The lowest BCUT2D eigenvalue weighted by Gasteiger charge is -2.25. The standard InChI is InChI=1S/C44H42ClN3O5/c1-3-5-23-48(44-46-38-18-10-9-16-36(38)42(50)47-44)27-33-21-20-32(41(49)30-13-7-6-8-14-30)26-35(33)25-29-19-22-39(31(24-29)12-4-2)53-28-34-15-11-17-37(40(34)45)43(51)52/h6-11,13-22,24,26H,3-5,12,23,25,27-28H2,1-2H3,(H,51,52)(H,46,47,50). The monoisotopic (exact) mass is 727 g/mol. The Hall–Kier alpha value is -5.73. The molecule has 0 atom stereocenters. The van der Waals surface area contributed by atoms with Gasteiger partial charge in [-0.25, -0.2) is 9.78 Å². The zero-order valence-electron chi connectivity index (χ0n) is 29.9. The minimum Gasteiger partial charge on any atom is -0.489 e. The van der Waals surface area contributed by atoms with Crippen LogP contribution in [0.4, 0.5) is 5.95 Å². The van der Waals surface area contributed by atoms with Crippen LogP contribution in [0.3, 0.4) is 0 Å². The van der Waals surface area contributed by atoms with Crippen molar-refractivity contribution >= 4 is 40.2 Å². The van der Waals surface area contributed by atoms with E-state index in [9.17, 15) is 19.5 Å². The Labute approximate surface area is 314 Å². The number of carboxylic acids is 1. The molecule has 6 rings (SSSR count). The number of unbranched alkanes of at least 4 members (excludes halogenated alkanes) is 1. The van der Waals surface area contributed by atoms with Crippen molar-refractivity contribution in [2.45, 2.75) is 59.1 Å². The summed E-state index contributed by atoms with van der Waals surface area (Å²) in [6, 6.07) is 33.5. The normalized spacial score (nSPS) is 11.1. The van der Waals surface area contributed by atoms with Gasteiger partial charge in [0.1, 0.15) is 12.4 Å². The number of ether oxygens (including phenoxy) is 1. The second-order valence-corrected chi connectivity index (χ2v) is 13.5. The maximum absolute atomic E-state index is 13.6. The Bertz CT molecular complexity index is 2300. The third-order valence-corrected chi connectivity index (χ3v) is 9.72. The van der Waals surface area contributed by atoms with E-state index in [1.165, 1.54) is 6.07 Å². The topological polar surface area (TPSA) is 113 Å². The predicted molar refractivity (Wildman–Crippen MR) is 211 cm³/mol. The first-order valence-corrected chi connectivity index (χ1v) is 18.3. The number of benzene rings is 5. The van der Waals surface area contributed by atoms with Gasteiger partial charge in [-0.2, -0.15) is 0 Å². The summed E-state index contributed by atoms with van der Waals surface area (Å²) in [5.41, 5.74) is 6.39. The number of carbonyl (C=O) groups is 2. The molecule has 0 fully saturated rings. The molecule has 53 heavy (non-hydrogen) atoms. The van der Waals surface area contributed by atoms with Crippen LogP contribution in [0, 0.1) is 0 Å². The fourth-order valence-corrected chi connectivity index (χ4v) is 6.72. The lowest BCUT2D eigenvalue weighted by Crippen LogP contribution is -2.28. The average molecular weight is 728 g/mol. The van der Waals surface area contributed by atoms with E-state index in [2.05, 4.69) is 29.8 Å². The molecule has 6 aromatic rings. The van der Waals surface area contributed by atoms with Gasteiger partial charge in [-0.3, -0.25) is 14.6 Å². The van der Waals surface area contributed by atoms with Gasteiger partial charge in [-0.1, -0.05) is 117 Å². The number of carbonyl (C=O) groups excluding carboxylic acids is 1. The number of rotatable bonds is 16. The van der Waals surface area contributed by atoms with Crippen LogP contribution in [0.2, 0.25) is 5.02 Å². The van der Waals surface area contributed by atoms with Crippen molar-refractivity contribution in [1.82, 2.24) is 9.97 Å². The molecule has 0 unspecified atom stereocenters. The molecule has 270 valence electrons. The Morgan fingerprint density at radius 2 is 1.60 bits per heavy atom. The summed E-state index contributed by atoms with van der Waals surface area (Å²) in [7, 11) is 0. The van der Waals surface area contributed by atoms with E-state index < -0.39 is 5.97 Å². The number of H-pyrrole nitrogens is 1. The molecule has 0 bridgehead atoms. The summed E-state index contributed by atoms with van der Waals surface area (Å²) in [5, 5.41) is 10.2. The predicted octanol–water partition coefficient (Wildman–Crippen LogP) is 9.43. The average Bonchev–Trinajstić information content (AvgIpc) is 3.17. The minimum absolute atomic E-state index is 0.0386. The van der Waals surface area contributed by atoms with Crippen LogP contribution in [-0.2, 0) is 26.0 Å². The summed E-state index contributed by atoms with van der Waals surface area (Å²) >= 11 is 6.40. The number of halogens is 1. The number of ketones is 1. The molecule has 0 spiro atoms. The summed E-state index contributed by atoms with van der Waals surface area (Å²) in [4.78, 5) is 48.3. The van der Waals surface area contributed by atoms with Gasteiger partial charge in [0.25, 0.3) is 5.56 Å². The largest absolute Gasteiger partial charge is 0.489 e. The van der Waals surface area contributed by atoms with Gasteiger partial charge in [0.15, 0.2) is 5.78 Å². The molecule has 2 N–H and O–H groups in total. The summed E-state index contributed by atoms with van der Waals surface area (Å²) in [6.07, 6.45) is 4.10. The van der Waals surface area contributed by atoms with Gasteiger partial charge in [-0.15, -0.1) is 0 Å². The first-order chi connectivity index (χ1) is 25.7. The number of carboxylic acid groups (broad SMARTS) is 1. The number of anilines is 1. The number of hydrogen-bond donors (Lipinski definition) is 2. The number of hydrogen-bond acceptors (Lipinski definition) is 6. The molecular weight excluding hydrogens is 686 g/mol.